The summed E-state index contributed by atoms with van der Waals surface area (Å²) in [5.41, 5.74) is 1.59. The van der Waals surface area contributed by atoms with Crippen molar-refractivity contribution in [2.45, 2.75) is 19.3 Å². The summed E-state index contributed by atoms with van der Waals surface area (Å²) in [6.45, 7) is 0.968. The van der Waals surface area contributed by atoms with E-state index in [9.17, 15) is 9.59 Å². The Morgan fingerprint density at radius 1 is 0.929 bits per heavy atom. The number of halogens is 1. The van der Waals surface area contributed by atoms with Crippen molar-refractivity contribution in [3.63, 3.8) is 0 Å². The first-order valence-electron chi connectivity index (χ1n) is 9.05. The molecule has 0 bridgehead atoms. The van der Waals surface area contributed by atoms with Gasteiger partial charge in [-0.3, -0.25) is 9.59 Å². The van der Waals surface area contributed by atoms with E-state index < -0.39 is 0 Å². The fourth-order valence-electron chi connectivity index (χ4n) is 2.62. The molecule has 0 saturated carbocycles. The highest BCUT2D eigenvalue weighted by Crippen LogP contribution is 2.27. The monoisotopic (exact) mass is 404 g/mol. The van der Waals surface area contributed by atoms with Crippen molar-refractivity contribution in [3.05, 3.63) is 58.6 Å². The molecule has 2 aromatic carbocycles. The van der Waals surface area contributed by atoms with Gasteiger partial charge in [0.2, 0.25) is 5.91 Å². The molecule has 6 nitrogen and oxygen atoms in total. The third-order valence-electron chi connectivity index (χ3n) is 4.16. The quantitative estimate of drug-likeness (QED) is 0.596. The van der Waals surface area contributed by atoms with Crippen LogP contribution in [-0.2, 0) is 11.2 Å². The first-order chi connectivity index (χ1) is 13.5. The fourth-order valence-corrected chi connectivity index (χ4v) is 2.75. The Morgan fingerprint density at radius 2 is 1.64 bits per heavy atom. The van der Waals surface area contributed by atoms with Gasteiger partial charge in [0.15, 0.2) is 11.5 Å². The van der Waals surface area contributed by atoms with E-state index in [-0.39, 0.29) is 11.8 Å². The predicted octanol–water partition coefficient (Wildman–Crippen LogP) is 3.23. The SMILES string of the molecule is COc1ccc(CCNC(=O)CCCNC(=O)c2ccc(Cl)cc2)cc1OC. The summed E-state index contributed by atoms with van der Waals surface area (Å²) >= 11 is 5.80. The first kappa shape index (κ1) is 21.6. The van der Waals surface area contributed by atoms with Crippen LogP contribution in [0.1, 0.15) is 28.8 Å². The van der Waals surface area contributed by atoms with Gasteiger partial charge < -0.3 is 20.1 Å². The zero-order valence-corrected chi connectivity index (χ0v) is 16.8. The van der Waals surface area contributed by atoms with E-state index in [1.807, 2.05) is 18.2 Å². The second-order valence-corrected chi connectivity index (χ2v) is 6.59. The molecule has 7 heteroatoms. The molecule has 0 unspecified atom stereocenters. The number of nitrogens with one attached hydrogen (secondary N) is 2. The number of methoxy groups -OCH3 is 2. The zero-order chi connectivity index (χ0) is 20.4. The van der Waals surface area contributed by atoms with Crippen molar-refractivity contribution >= 4 is 23.4 Å². The molecular weight excluding hydrogens is 380 g/mol. The van der Waals surface area contributed by atoms with Crippen LogP contribution in [0.3, 0.4) is 0 Å². The molecule has 0 heterocycles. The highest BCUT2D eigenvalue weighted by Gasteiger charge is 2.07. The van der Waals surface area contributed by atoms with Crippen LogP contribution >= 0.6 is 11.6 Å². The van der Waals surface area contributed by atoms with Crippen molar-refractivity contribution < 1.29 is 19.1 Å². The Labute approximate surface area is 170 Å². The van der Waals surface area contributed by atoms with Crippen LogP contribution < -0.4 is 20.1 Å². The maximum atomic E-state index is 12.0. The minimum Gasteiger partial charge on any atom is -0.493 e. The van der Waals surface area contributed by atoms with Gasteiger partial charge in [-0.15, -0.1) is 0 Å². The number of carbonyl (C=O) groups excluding carboxylic acids is 2. The van der Waals surface area contributed by atoms with Crippen molar-refractivity contribution in [1.82, 2.24) is 10.6 Å². The Balaban J connectivity index is 1.63. The van der Waals surface area contributed by atoms with Crippen molar-refractivity contribution in [2.24, 2.45) is 0 Å². The molecule has 0 atom stereocenters. The third kappa shape index (κ3) is 6.78. The van der Waals surface area contributed by atoms with Gasteiger partial charge in [-0.2, -0.15) is 0 Å². The van der Waals surface area contributed by atoms with E-state index in [1.54, 1.807) is 38.5 Å². The summed E-state index contributed by atoms with van der Waals surface area (Å²) in [5.74, 6) is 1.13. The van der Waals surface area contributed by atoms with Crippen LogP contribution in [-0.4, -0.2) is 39.1 Å². The van der Waals surface area contributed by atoms with Gasteiger partial charge in [0.25, 0.3) is 5.91 Å². The smallest absolute Gasteiger partial charge is 0.251 e. The van der Waals surface area contributed by atoms with Crippen molar-refractivity contribution in [3.8, 4) is 11.5 Å². The topological polar surface area (TPSA) is 76.7 Å². The Morgan fingerprint density at radius 3 is 2.32 bits per heavy atom. The van der Waals surface area contributed by atoms with Gasteiger partial charge in [-0.05, 0) is 54.8 Å². The number of benzene rings is 2. The molecule has 0 saturated heterocycles. The molecule has 0 aromatic heterocycles. The number of hydrogen-bond acceptors (Lipinski definition) is 4. The summed E-state index contributed by atoms with van der Waals surface area (Å²) in [6, 6.07) is 12.4. The van der Waals surface area contributed by atoms with Crippen LogP contribution in [0.2, 0.25) is 5.02 Å². The molecule has 0 radical (unpaired) electrons. The number of hydrogen-bond donors (Lipinski definition) is 2. The third-order valence-corrected chi connectivity index (χ3v) is 4.41. The average Bonchev–Trinajstić information content (AvgIpc) is 2.71. The van der Waals surface area contributed by atoms with Crippen molar-refractivity contribution in [1.29, 1.82) is 0 Å². The highest BCUT2D eigenvalue weighted by atomic mass is 35.5. The fraction of sp³-hybridized carbons (Fsp3) is 0.333. The molecule has 0 aliphatic carbocycles. The second kappa shape index (κ2) is 11.2. The highest BCUT2D eigenvalue weighted by molar-refractivity contribution is 6.30. The summed E-state index contributed by atoms with van der Waals surface area (Å²) in [4.78, 5) is 23.9. The van der Waals surface area contributed by atoms with Crippen LogP contribution in [0.25, 0.3) is 0 Å². The minimum atomic E-state index is -0.175. The van der Waals surface area contributed by atoms with Crippen LogP contribution in [0, 0.1) is 0 Å². The average molecular weight is 405 g/mol. The van der Waals surface area contributed by atoms with Crippen LogP contribution in [0.4, 0.5) is 0 Å². The first-order valence-corrected chi connectivity index (χ1v) is 9.42. The van der Waals surface area contributed by atoms with Crippen LogP contribution in [0.5, 0.6) is 11.5 Å². The number of carbonyl (C=O) groups is 2. The predicted molar refractivity (Wildman–Crippen MR) is 109 cm³/mol. The standard InChI is InChI=1S/C21H25ClN2O4/c1-27-18-10-5-15(14-19(18)28-2)11-13-23-20(25)4-3-12-24-21(26)16-6-8-17(22)9-7-16/h5-10,14H,3-4,11-13H2,1-2H3,(H,23,25)(H,24,26). The number of ether oxygens (including phenoxy) is 2. The molecule has 0 fully saturated rings. The molecule has 0 spiro atoms. The van der Waals surface area contributed by atoms with E-state index >= 15 is 0 Å². The van der Waals surface area contributed by atoms with E-state index in [4.69, 9.17) is 21.1 Å². The molecule has 2 rings (SSSR count). The lowest BCUT2D eigenvalue weighted by atomic mass is 10.1. The maximum Gasteiger partial charge on any atom is 0.251 e. The molecule has 0 aliphatic rings. The van der Waals surface area contributed by atoms with Gasteiger partial charge in [-0.1, -0.05) is 17.7 Å². The molecule has 150 valence electrons. The summed E-state index contributed by atoms with van der Waals surface area (Å²) in [7, 11) is 3.19. The molecule has 2 aromatic rings. The summed E-state index contributed by atoms with van der Waals surface area (Å²) < 4.78 is 10.5. The molecule has 2 amide bonds. The lowest BCUT2D eigenvalue weighted by Gasteiger charge is -2.10. The molecular formula is C21H25ClN2O4. The van der Waals surface area contributed by atoms with Gasteiger partial charge in [0.05, 0.1) is 14.2 Å². The largest absolute Gasteiger partial charge is 0.493 e. The van der Waals surface area contributed by atoms with Crippen LogP contribution in [0.15, 0.2) is 42.5 Å². The Kier molecular flexibility index (Phi) is 8.62. The molecule has 0 aliphatic heterocycles. The van der Waals surface area contributed by atoms with E-state index in [2.05, 4.69) is 10.6 Å². The summed E-state index contributed by atoms with van der Waals surface area (Å²) in [6.07, 6.45) is 1.62. The normalized spacial score (nSPS) is 10.2. The Bertz CT molecular complexity index is 793. The van der Waals surface area contributed by atoms with Gasteiger partial charge in [-0.25, -0.2) is 0 Å². The van der Waals surface area contributed by atoms with E-state index in [0.717, 1.165) is 5.56 Å². The number of rotatable bonds is 10. The zero-order valence-electron chi connectivity index (χ0n) is 16.1. The summed E-state index contributed by atoms with van der Waals surface area (Å²) in [5, 5.41) is 6.26. The number of amides is 2. The van der Waals surface area contributed by atoms with Gasteiger partial charge >= 0.3 is 0 Å². The Hall–Kier alpha value is -2.73. The lowest BCUT2D eigenvalue weighted by Crippen LogP contribution is -2.28. The minimum absolute atomic E-state index is 0.0405. The maximum absolute atomic E-state index is 12.0. The van der Waals surface area contributed by atoms with E-state index in [1.165, 1.54) is 0 Å². The second-order valence-electron chi connectivity index (χ2n) is 6.16. The van der Waals surface area contributed by atoms with Gasteiger partial charge in [0, 0.05) is 30.1 Å². The van der Waals surface area contributed by atoms with E-state index in [0.29, 0.717) is 54.4 Å². The molecule has 28 heavy (non-hydrogen) atoms. The molecule has 2 N–H and O–H groups in total. The van der Waals surface area contributed by atoms with Crippen molar-refractivity contribution in [2.75, 3.05) is 27.3 Å². The van der Waals surface area contributed by atoms with Gasteiger partial charge in [0.1, 0.15) is 0 Å². The lowest BCUT2D eigenvalue weighted by molar-refractivity contribution is -0.121.